The predicted octanol–water partition coefficient (Wildman–Crippen LogP) is 3.93. The molecule has 0 atom stereocenters. The number of esters is 2. The molecule has 0 amide bonds. The molecule has 1 heterocycles. The lowest BCUT2D eigenvalue weighted by atomic mass is 10.1. The smallest absolute Gasteiger partial charge is 0.338 e. The minimum absolute atomic E-state index is 0.00906. The molecule has 0 aliphatic rings. The van der Waals surface area contributed by atoms with Crippen molar-refractivity contribution in [2.75, 3.05) is 13.2 Å². The Labute approximate surface area is 229 Å². The summed E-state index contributed by atoms with van der Waals surface area (Å²) in [6.07, 6.45) is 8.92. The summed E-state index contributed by atoms with van der Waals surface area (Å²) in [4.78, 5) is 62.2. The highest BCUT2D eigenvalue weighted by atomic mass is 16.5. The second-order valence-electron chi connectivity index (χ2n) is 9.41. The zero-order valence-corrected chi connectivity index (χ0v) is 23.1. The minimum atomic E-state index is -0.797. The fourth-order valence-electron chi connectivity index (χ4n) is 3.90. The molecule has 0 aliphatic carbocycles. The first-order chi connectivity index (χ1) is 18.7. The molecular weight excluding hydrogens is 500 g/mol. The molecule has 0 fully saturated rings. The van der Waals surface area contributed by atoms with E-state index < -0.39 is 35.0 Å². The average Bonchev–Trinajstić information content (AvgIpc) is 2.91. The monoisotopic (exact) mass is 538 g/mol. The van der Waals surface area contributed by atoms with Gasteiger partial charge in [-0.15, -0.1) is 0 Å². The minimum Gasteiger partial charge on any atom is -0.465 e. The number of unbranched alkanes of at least 4 members (excludes halogenated alkanes) is 6. The van der Waals surface area contributed by atoms with Crippen molar-refractivity contribution < 1.29 is 23.9 Å². The Morgan fingerprint density at radius 3 is 2.13 bits per heavy atom. The number of rotatable bonds is 14. The van der Waals surface area contributed by atoms with Gasteiger partial charge in [0.2, 0.25) is 0 Å². The fourth-order valence-corrected chi connectivity index (χ4v) is 3.90. The molecule has 0 bridgehead atoms. The Balaban J connectivity index is 2.34. The van der Waals surface area contributed by atoms with Crippen LogP contribution in [0.1, 0.15) is 88.1 Å². The molecule has 39 heavy (non-hydrogen) atoms. The van der Waals surface area contributed by atoms with Gasteiger partial charge in [-0.2, -0.15) is 4.57 Å². The van der Waals surface area contributed by atoms with Crippen molar-refractivity contribution in [3.05, 3.63) is 68.5 Å². The highest BCUT2D eigenvalue weighted by Crippen LogP contribution is 2.09. The van der Waals surface area contributed by atoms with Crippen molar-refractivity contribution in [2.24, 2.45) is 5.92 Å². The van der Waals surface area contributed by atoms with Crippen LogP contribution < -0.4 is 11.2 Å². The van der Waals surface area contributed by atoms with Gasteiger partial charge in [0, 0.05) is 44.5 Å². The normalized spacial score (nSPS) is 10.6. The van der Waals surface area contributed by atoms with Crippen molar-refractivity contribution in [1.29, 1.82) is 0 Å². The molecule has 0 spiro atoms. The molecule has 0 saturated heterocycles. The molecular formula is C30H38N2O7. The van der Waals surface area contributed by atoms with Crippen molar-refractivity contribution in [1.82, 2.24) is 9.13 Å². The number of aromatic nitrogens is 2. The number of nitrogens with zero attached hydrogens (tertiary/aromatic N) is 2. The van der Waals surface area contributed by atoms with Gasteiger partial charge < -0.3 is 9.47 Å². The molecule has 1 aromatic carbocycles. The molecule has 9 nitrogen and oxygen atoms in total. The molecule has 2 rings (SSSR count). The van der Waals surface area contributed by atoms with E-state index in [4.69, 9.17) is 9.47 Å². The summed E-state index contributed by atoms with van der Waals surface area (Å²) in [5.41, 5.74) is -1.32. The highest BCUT2D eigenvalue weighted by molar-refractivity contribution is 5.95. The van der Waals surface area contributed by atoms with Crippen LogP contribution in [0.2, 0.25) is 0 Å². The van der Waals surface area contributed by atoms with Crippen LogP contribution in [0.15, 0.2) is 46.1 Å². The summed E-state index contributed by atoms with van der Waals surface area (Å²) in [6.45, 7) is 4.78. The molecule has 2 aromatic rings. The summed E-state index contributed by atoms with van der Waals surface area (Å²) in [5, 5.41) is 0. The lowest BCUT2D eigenvalue weighted by molar-refractivity contribution is -0.146. The van der Waals surface area contributed by atoms with Gasteiger partial charge >= 0.3 is 17.6 Å². The van der Waals surface area contributed by atoms with Crippen molar-refractivity contribution in [2.45, 2.75) is 78.7 Å². The molecule has 9 heteroatoms. The second-order valence-corrected chi connectivity index (χ2v) is 9.41. The number of hydrogen-bond acceptors (Lipinski definition) is 7. The predicted molar refractivity (Wildman–Crippen MR) is 147 cm³/mol. The topological polar surface area (TPSA) is 114 Å². The Bertz CT molecular complexity index is 1260. The first-order valence-corrected chi connectivity index (χ1v) is 13.5. The number of aryl methyl sites for hydroxylation is 1. The number of hydrogen-bond donors (Lipinski definition) is 0. The zero-order chi connectivity index (χ0) is 28.6. The SMILES string of the molecule is CCCCCCCCC#Cc1cn(CCC(COC(C)=O)COC(C)=O)c(=O)n(C(=O)c2ccccc2)c1=O. The van der Waals surface area contributed by atoms with E-state index in [-0.39, 0.29) is 37.3 Å². The van der Waals surface area contributed by atoms with E-state index in [9.17, 15) is 24.0 Å². The molecule has 1 aromatic heterocycles. The largest absolute Gasteiger partial charge is 0.465 e. The van der Waals surface area contributed by atoms with Crippen LogP contribution in [-0.2, 0) is 25.6 Å². The maximum absolute atomic E-state index is 13.3. The van der Waals surface area contributed by atoms with Crippen molar-refractivity contribution in [3.8, 4) is 11.8 Å². The van der Waals surface area contributed by atoms with Gasteiger partial charge in [0.1, 0.15) is 5.56 Å². The van der Waals surface area contributed by atoms with Crippen LogP contribution in [0.5, 0.6) is 0 Å². The highest BCUT2D eigenvalue weighted by Gasteiger charge is 2.20. The second kappa shape index (κ2) is 16.8. The summed E-state index contributed by atoms with van der Waals surface area (Å²) in [7, 11) is 0. The fraction of sp³-hybridized carbons (Fsp3) is 0.500. The maximum Gasteiger partial charge on any atom is 0.338 e. The van der Waals surface area contributed by atoms with Crippen LogP contribution in [0.4, 0.5) is 0 Å². The molecule has 0 saturated carbocycles. The number of ether oxygens (including phenoxy) is 2. The molecule has 0 unspecified atom stereocenters. The molecule has 210 valence electrons. The van der Waals surface area contributed by atoms with Gasteiger partial charge in [0.25, 0.3) is 11.5 Å². The third-order valence-corrected chi connectivity index (χ3v) is 6.08. The lowest BCUT2D eigenvalue weighted by Gasteiger charge is -2.17. The number of benzene rings is 1. The van der Waals surface area contributed by atoms with E-state index in [1.807, 2.05) is 0 Å². The summed E-state index contributed by atoms with van der Waals surface area (Å²) in [5.74, 6) is 3.78. The Morgan fingerprint density at radius 2 is 1.51 bits per heavy atom. The average molecular weight is 539 g/mol. The summed E-state index contributed by atoms with van der Waals surface area (Å²) in [6, 6.07) is 8.09. The number of carbonyl (C=O) groups is 3. The van der Waals surface area contributed by atoms with Crippen molar-refractivity contribution in [3.63, 3.8) is 0 Å². The van der Waals surface area contributed by atoms with Crippen molar-refractivity contribution >= 4 is 17.8 Å². The van der Waals surface area contributed by atoms with Crippen LogP contribution in [0, 0.1) is 17.8 Å². The van der Waals surface area contributed by atoms with Gasteiger partial charge in [-0.05, 0) is 25.0 Å². The summed E-state index contributed by atoms with van der Waals surface area (Å²) < 4.78 is 12.0. The molecule has 0 aliphatic heterocycles. The lowest BCUT2D eigenvalue weighted by Crippen LogP contribution is -2.45. The van der Waals surface area contributed by atoms with E-state index in [0.29, 0.717) is 11.0 Å². The van der Waals surface area contributed by atoms with Gasteiger partial charge in [0.15, 0.2) is 0 Å². The van der Waals surface area contributed by atoms with Crippen LogP contribution in [0.25, 0.3) is 0 Å². The van der Waals surface area contributed by atoms with Gasteiger partial charge in [-0.3, -0.25) is 23.7 Å². The van der Waals surface area contributed by atoms with E-state index in [0.717, 1.165) is 19.3 Å². The standard InChI is InChI=1S/C30H38N2O7/c1-4-5-6-7-8-9-10-12-17-27-20-31(19-18-25(21-38-23(2)33)22-39-24(3)34)30(37)32(29(27)36)28(35)26-15-13-11-14-16-26/h11,13-16,20,25H,4-10,18-19,21-22H2,1-3H3. The van der Waals surface area contributed by atoms with Crippen LogP contribution in [-0.4, -0.2) is 40.2 Å². The number of carbonyl (C=O) groups excluding carboxylic acids is 3. The Kier molecular flexibility index (Phi) is 13.5. The maximum atomic E-state index is 13.3. The third kappa shape index (κ3) is 10.8. The van der Waals surface area contributed by atoms with E-state index >= 15 is 0 Å². The molecule has 0 N–H and O–H groups in total. The van der Waals surface area contributed by atoms with Gasteiger partial charge in [-0.1, -0.05) is 69.1 Å². The van der Waals surface area contributed by atoms with E-state index in [2.05, 4.69) is 18.8 Å². The van der Waals surface area contributed by atoms with Crippen LogP contribution >= 0.6 is 0 Å². The third-order valence-electron chi connectivity index (χ3n) is 6.08. The first-order valence-electron chi connectivity index (χ1n) is 13.5. The Morgan fingerprint density at radius 1 is 0.897 bits per heavy atom. The quantitative estimate of drug-likeness (QED) is 0.203. The first kappa shape index (κ1) is 31.3. The van der Waals surface area contributed by atoms with Gasteiger partial charge in [0.05, 0.1) is 13.2 Å². The zero-order valence-electron chi connectivity index (χ0n) is 23.1. The van der Waals surface area contributed by atoms with E-state index in [1.165, 1.54) is 56.0 Å². The van der Waals surface area contributed by atoms with E-state index in [1.54, 1.807) is 18.2 Å². The molecule has 0 radical (unpaired) electrons. The van der Waals surface area contributed by atoms with Gasteiger partial charge in [-0.25, -0.2) is 4.79 Å². The summed E-state index contributed by atoms with van der Waals surface area (Å²) >= 11 is 0. The Hall–Kier alpha value is -3.93. The van der Waals surface area contributed by atoms with Crippen LogP contribution in [0.3, 0.4) is 0 Å².